The van der Waals surface area contributed by atoms with Gasteiger partial charge in [0.25, 0.3) is 5.56 Å². The van der Waals surface area contributed by atoms with Gasteiger partial charge >= 0.3 is 0 Å². The fraction of sp³-hybridized carbons (Fsp3) is 0.348. The first-order chi connectivity index (χ1) is 13.9. The Bertz CT molecular complexity index is 1010. The molecule has 3 aromatic rings. The Morgan fingerprint density at radius 1 is 1.03 bits per heavy atom. The van der Waals surface area contributed by atoms with Crippen LogP contribution >= 0.6 is 15.9 Å². The second-order valence-corrected chi connectivity index (χ2v) is 8.16. The van der Waals surface area contributed by atoms with Gasteiger partial charge in [-0.1, -0.05) is 37.3 Å². The molecule has 0 saturated heterocycles. The average molecular weight is 457 g/mol. The predicted octanol–water partition coefficient (Wildman–Crippen LogP) is 4.21. The van der Waals surface area contributed by atoms with Crippen molar-refractivity contribution >= 4 is 21.6 Å². The van der Waals surface area contributed by atoms with Crippen LogP contribution in [0.2, 0.25) is 0 Å². The van der Waals surface area contributed by atoms with Crippen molar-refractivity contribution in [3.05, 3.63) is 80.7 Å². The lowest BCUT2D eigenvalue weighted by molar-refractivity contribution is 0.277. The molecule has 5 nitrogen and oxygen atoms in total. The Morgan fingerprint density at radius 2 is 1.76 bits per heavy atom. The van der Waals surface area contributed by atoms with Crippen LogP contribution < -0.4 is 10.5 Å². The first kappa shape index (κ1) is 21.4. The first-order valence-corrected chi connectivity index (χ1v) is 10.7. The third kappa shape index (κ3) is 4.82. The molecular weight excluding hydrogens is 428 g/mol. The second-order valence-electron chi connectivity index (χ2n) is 7.37. The average Bonchev–Trinajstić information content (AvgIpc) is 2.94. The van der Waals surface area contributed by atoms with E-state index in [1.165, 1.54) is 11.3 Å². The molecule has 0 N–H and O–H groups in total. The molecule has 0 spiro atoms. The highest BCUT2D eigenvalue weighted by Gasteiger charge is 2.19. The molecule has 2 aromatic carbocycles. The summed E-state index contributed by atoms with van der Waals surface area (Å²) < 4.78 is 4.30. The van der Waals surface area contributed by atoms with Crippen LogP contribution in [0.4, 0.5) is 5.69 Å². The Morgan fingerprint density at radius 3 is 2.41 bits per heavy atom. The van der Waals surface area contributed by atoms with Crippen LogP contribution in [-0.2, 0) is 13.6 Å². The summed E-state index contributed by atoms with van der Waals surface area (Å²) in [5.41, 5.74) is 4.32. The highest BCUT2D eigenvalue weighted by molar-refractivity contribution is 9.10. The van der Waals surface area contributed by atoms with Crippen molar-refractivity contribution in [3.63, 3.8) is 0 Å². The lowest BCUT2D eigenvalue weighted by atomic mass is 10.2. The van der Waals surface area contributed by atoms with Crippen molar-refractivity contribution in [2.24, 2.45) is 7.05 Å². The molecule has 0 atom stereocenters. The van der Waals surface area contributed by atoms with Gasteiger partial charge in [-0.25, -0.2) is 4.68 Å². The Kier molecular flexibility index (Phi) is 6.98. The van der Waals surface area contributed by atoms with E-state index in [1.54, 1.807) is 4.68 Å². The molecule has 0 amide bonds. The molecule has 0 unspecified atom stereocenters. The highest BCUT2D eigenvalue weighted by Crippen LogP contribution is 2.18. The normalized spacial score (nSPS) is 11.2. The van der Waals surface area contributed by atoms with Crippen LogP contribution in [0.25, 0.3) is 5.69 Å². The lowest BCUT2D eigenvalue weighted by Crippen LogP contribution is -2.33. The molecule has 0 aliphatic heterocycles. The minimum atomic E-state index is -0.0263. The van der Waals surface area contributed by atoms with Crippen LogP contribution in [0.3, 0.4) is 0 Å². The number of aryl methyl sites for hydroxylation is 1. The summed E-state index contributed by atoms with van der Waals surface area (Å²) in [4.78, 5) is 17.5. The van der Waals surface area contributed by atoms with Crippen molar-refractivity contribution in [1.82, 2.24) is 14.3 Å². The van der Waals surface area contributed by atoms with Gasteiger partial charge in [-0.05, 0) is 59.2 Å². The van der Waals surface area contributed by atoms with Crippen LogP contribution in [0.1, 0.15) is 18.2 Å². The van der Waals surface area contributed by atoms with Crippen molar-refractivity contribution in [1.29, 1.82) is 0 Å². The smallest absolute Gasteiger partial charge is 0.286 e. The van der Waals surface area contributed by atoms with E-state index < -0.39 is 0 Å². The van der Waals surface area contributed by atoms with E-state index in [2.05, 4.69) is 70.9 Å². The maximum atomic E-state index is 12.8. The fourth-order valence-corrected chi connectivity index (χ4v) is 4.04. The number of nitrogens with zero attached hydrogens (tertiary/aromatic N) is 4. The van der Waals surface area contributed by atoms with E-state index in [4.69, 9.17) is 0 Å². The zero-order chi connectivity index (χ0) is 21.0. The number of para-hydroxylation sites is 1. The van der Waals surface area contributed by atoms with Gasteiger partial charge in [0.2, 0.25) is 0 Å². The number of rotatable bonds is 8. The van der Waals surface area contributed by atoms with Crippen molar-refractivity contribution in [2.45, 2.75) is 20.4 Å². The number of likely N-dealkylation sites (N-methyl/N-ethyl adjacent to an activating group) is 2. The maximum absolute atomic E-state index is 12.8. The van der Waals surface area contributed by atoms with Gasteiger partial charge in [-0.3, -0.25) is 14.4 Å². The van der Waals surface area contributed by atoms with E-state index >= 15 is 0 Å². The SMILES string of the molecule is CCN(CCN(C)c1cccc(C)c1)Cc1c(Br)c(=O)n(-c2ccccc2)n1C. The minimum Gasteiger partial charge on any atom is -0.373 e. The standard InChI is InChI=1S/C23H29BrN4O/c1-5-27(15-14-25(3)20-13-9-10-18(2)16-20)17-21-22(24)23(29)28(26(21)4)19-11-7-6-8-12-19/h6-13,16H,5,14-15,17H2,1-4H3. The quantitative estimate of drug-likeness (QED) is 0.508. The Balaban J connectivity index is 1.75. The molecular formula is C23H29BrN4O. The Hall–Kier alpha value is -2.31. The zero-order valence-corrected chi connectivity index (χ0v) is 19.2. The molecule has 0 aliphatic rings. The van der Waals surface area contributed by atoms with Crippen LogP contribution in [0, 0.1) is 6.92 Å². The molecule has 154 valence electrons. The molecule has 29 heavy (non-hydrogen) atoms. The van der Waals surface area contributed by atoms with Gasteiger partial charge in [0.15, 0.2) is 0 Å². The number of benzene rings is 2. The van der Waals surface area contributed by atoms with Gasteiger partial charge in [0, 0.05) is 39.4 Å². The molecule has 1 heterocycles. The summed E-state index contributed by atoms with van der Waals surface area (Å²) in [7, 11) is 4.07. The summed E-state index contributed by atoms with van der Waals surface area (Å²) >= 11 is 3.54. The number of halogens is 1. The van der Waals surface area contributed by atoms with Gasteiger partial charge in [-0.2, -0.15) is 0 Å². The van der Waals surface area contributed by atoms with Gasteiger partial charge in [0.1, 0.15) is 4.47 Å². The van der Waals surface area contributed by atoms with Crippen molar-refractivity contribution in [3.8, 4) is 5.69 Å². The molecule has 0 fully saturated rings. The number of hydrogen-bond acceptors (Lipinski definition) is 3. The maximum Gasteiger partial charge on any atom is 0.286 e. The largest absolute Gasteiger partial charge is 0.373 e. The third-order valence-electron chi connectivity index (χ3n) is 5.34. The highest BCUT2D eigenvalue weighted by atomic mass is 79.9. The van der Waals surface area contributed by atoms with E-state index in [-0.39, 0.29) is 5.56 Å². The van der Waals surface area contributed by atoms with Crippen molar-refractivity contribution < 1.29 is 0 Å². The topological polar surface area (TPSA) is 33.4 Å². The summed E-state index contributed by atoms with van der Waals surface area (Å²) in [6, 6.07) is 18.3. The van der Waals surface area contributed by atoms with Crippen LogP contribution in [0.15, 0.2) is 63.9 Å². The van der Waals surface area contributed by atoms with Gasteiger partial charge in [-0.15, -0.1) is 0 Å². The summed E-state index contributed by atoms with van der Waals surface area (Å²) in [6.07, 6.45) is 0. The predicted molar refractivity (Wildman–Crippen MR) is 124 cm³/mol. The van der Waals surface area contributed by atoms with Gasteiger partial charge in [0.05, 0.1) is 11.4 Å². The molecule has 3 rings (SSSR count). The number of aromatic nitrogens is 2. The number of hydrogen-bond donors (Lipinski definition) is 0. The van der Waals surface area contributed by atoms with Crippen LogP contribution in [0.5, 0.6) is 0 Å². The molecule has 6 heteroatoms. The molecule has 0 aliphatic carbocycles. The summed E-state index contributed by atoms with van der Waals surface area (Å²) in [5, 5.41) is 0. The summed E-state index contributed by atoms with van der Waals surface area (Å²) in [5.74, 6) is 0. The molecule has 0 bridgehead atoms. The molecule has 1 aromatic heterocycles. The van der Waals surface area contributed by atoms with Gasteiger partial charge < -0.3 is 4.90 Å². The fourth-order valence-electron chi connectivity index (χ4n) is 3.49. The van der Waals surface area contributed by atoms with E-state index in [0.717, 1.165) is 31.0 Å². The third-order valence-corrected chi connectivity index (χ3v) is 6.14. The monoisotopic (exact) mass is 456 g/mol. The molecule has 0 saturated carbocycles. The van der Waals surface area contributed by atoms with E-state index in [9.17, 15) is 4.79 Å². The summed E-state index contributed by atoms with van der Waals surface area (Å²) in [6.45, 7) is 7.74. The second kappa shape index (κ2) is 9.46. The first-order valence-electron chi connectivity index (χ1n) is 9.94. The van der Waals surface area contributed by atoms with E-state index in [0.29, 0.717) is 11.0 Å². The Labute approximate surface area is 181 Å². The number of anilines is 1. The minimum absolute atomic E-state index is 0.0263. The zero-order valence-electron chi connectivity index (χ0n) is 17.6. The van der Waals surface area contributed by atoms with Crippen LogP contribution in [-0.4, -0.2) is 40.9 Å². The van der Waals surface area contributed by atoms with E-state index in [1.807, 2.05) is 42.1 Å². The lowest BCUT2D eigenvalue weighted by Gasteiger charge is -2.26. The molecule has 0 radical (unpaired) electrons. The van der Waals surface area contributed by atoms with Crippen molar-refractivity contribution in [2.75, 3.05) is 31.6 Å².